The second kappa shape index (κ2) is 21.7. The Labute approximate surface area is 391 Å². The number of H-pyrrole nitrogens is 1. The Kier molecular flexibility index (Phi) is 15.4. The molecule has 14 nitrogen and oxygen atoms in total. The summed E-state index contributed by atoms with van der Waals surface area (Å²) in [7, 11) is 1.33. The van der Waals surface area contributed by atoms with Gasteiger partial charge in [-0.05, 0) is 67.3 Å². The van der Waals surface area contributed by atoms with E-state index in [1.165, 1.54) is 57.0 Å². The summed E-state index contributed by atoms with van der Waals surface area (Å²) in [5.41, 5.74) is 6.58. The van der Waals surface area contributed by atoms with E-state index in [1.807, 2.05) is 71.6 Å². The third kappa shape index (κ3) is 10.3. The number of piperidine rings is 1. The van der Waals surface area contributed by atoms with Crippen LogP contribution in [0.2, 0.25) is 0 Å². The van der Waals surface area contributed by atoms with Gasteiger partial charge in [0.15, 0.2) is 0 Å². The molecule has 8 rings (SSSR count). The van der Waals surface area contributed by atoms with Gasteiger partial charge in [0.25, 0.3) is 11.8 Å². The molecule has 350 valence electrons. The molecule has 0 saturated carbocycles. The molecular formula is C51H62ClN7O7. The molecule has 5 heterocycles. The first kappa shape index (κ1) is 46.8. The number of nitrogens with zero attached hydrogens (tertiary/aromatic N) is 4. The maximum Gasteiger partial charge on any atom is 0.328 e. The number of ether oxygens (including phenoxy) is 1. The van der Waals surface area contributed by atoms with E-state index in [0.717, 1.165) is 84.4 Å². The normalized spacial score (nSPS) is 19.8. The summed E-state index contributed by atoms with van der Waals surface area (Å²) in [5, 5.41) is 6.89. The number of anilines is 1. The second-order valence-electron chi connectivity index (χ2n) is 18.1. The Morgan fingerprint density at radius 3 is 2.20 bits per heavy atom. The molecule has 0 aliphatic carbocycles. The van der Waals surface area contributed by atoms with E-state index in [9.17, 15) is 28.8 Å². The van der Waals surface area contributed by atoms with Crippen molar-refractivity contribution in [3.63, 3.8) is 0 Å². The number of unbranched alkanes of at least 4 members (excludes halogenated alkanes) is 9. The summed E-state index contributed by atoms with van der Waals surface area (Å²) >= 11 is 6.12. The van der Waals surface area contributed by atoms with E-state index in [0.29, 0.717) is 43.6 Å². The Hall–Kier alpha value is -5.73. The molecule has 15 heteroatoms. The van der Waals surface area contributed by atoms with Gasteiger partial charge in [-0.3, -0.25) is 34.2 Å². The molecule has 4 aliphatic heterocycles. The first-order valence-electron chi connectivity index (χ1n) is 23.8. The molecular weight excluding hydrogens is 858 g/mol. The van der Waals surface area contributed by atoms with Gasteiger partial charge in [-0.1, -0.05) is 87.8 Å². The summed E-state index contributed by atoms with van der Waals surface area (Å²) in [4.78, 5) is 88.3. The number of amides is 5. The monoisotopic (exact) mass is 919 g/mol. The largest absolute Gasteiger partial charge is 0.467 e. The van der Waals surface area contributed by atoms with Crippen molar-refractivity contribution in [3.05, 3.63) is 100 Å². The summed E-state index contributed by atoms with van der Waals surface area (Å²) in [6, 6.07) is 18.9. The number of para-hydroxylation sites is 1. The molecule has 4 aromatic rings. The average Bonchev–Trinajstić information content (AvgIpc) is 3.89. The maximum atomic E-state index is 13.7. The smallest absolute Gasteiger partial charge is 0.328 e. The van der Waals surface area contributed by atoms with Gasteiger partial charge in [0, 0.05) is 91.1 Å². The van der Waals surface area contributed by atoms with Crippen molar-refractivity contribution in [2.75, 3.05) is 57.6 Å². The zero-order valence-corrected chi connectivity index (χ0v) is 38.7. The van der Waals surface area contributed by atoms with Crippen molar-refractivity contribution in [3.8, 4) is 0 Å². The van der Waals surface area contributed by atoms with E-state index in [2.05, 4.69) is 20.5 Å². The molecule has 0 radical (unpaired) electrons. The van der Waals surface area contributed by atoms with Crippen molar-refractivity contribution in [2.45, 2.75) is 108 Å². The number of imide groups is 1. The number of esters is 1. The number of carbonyl (C=O) groups excluding carboxylic acids is 6. The summed E-state index contributed by atoms with van der Waals surface area (Å²) in [6.07, 6.45) is 13.0. The Bertz CT molecular complexity index is 2410. The lowest BCUT2D eigenvalue weighted by molar-refractivity contribution is -0.154. The van der Waals surface area contributed by atoms with Gasteiger partial charge >= 0.3 is 5.97 Å². The molecule has 3 atom stereocenters. The number of piperazine rings is 1. The molecule has 66 heavy (non-hydrogen) atoms. The lowest BCUT2D eigenvalue weighted by Gasteiger charge is -2.40. The Morgan fingerprint density at radius 2 is 1.50 bits per heavy atom. The zero-order chi connectivity index (χ0) is 46.2. The Morgan fingerprint density at radius 1 is 0.803 bits per heavy atom. The third-order valence-corrected chi connectivity index (χ3v) is 14.2. The fourth-order valence-electron chi connectivity index (χ4n) is 10.3. The number of hydrogen-bond acceptors (Lipinski definition) is 9. The van der Waals surface area contributed by atoms with Crippen LogP contribution in [0.3, 0.4) is 0 Å². The molecule has 2 saturated heterocycles. The summed E-state index contributed by atoms with van der Waals surface area (Å²) in [6.45, 7) is 5.32. The quantitative estimate of drug-likeness (QED) is 0.0391. The molecule has 0 bridgehead atoms. The van der Waals surface area contributed by atoms with Crippen LogP contribution in [-0.2, 0) is 36.9 Å². The van der Waals surface area contributed by atoms with Crippen molar-refractivity contribution in [2.24, 2.45) is 0 Å². The van der Waals surface area contributed by atoms with Crippen molar-refractivity contribution in [1.29, 1.82) is 0 Å². The average molecular weight is 921 g/mol. The molecule has 1 aromatic heterocycles. The van der Waals surface area contributed by atoms with Gasteiger partial charge in [-0.15, -0.1) is 11.6 Å². The number of methoxy groups -OCH3 is 1. The minimum Gasteiger partial charge on any atom is -0.467 e. The number of aromatic nitrogens is 1. The molecule has 3 N–H and O–H groups in total. The summed E-state index contributed by atoms with van der Waals surface area (Å²) < 4.78 is 5.16. The van der Waals surface area contributed by atoms with Crippen LogP contribution in [-0.4, -0.2) is 124 Å². The number of aromatic amines is 1. The molecule has 4 aliphatic rings. The zero-order valence-electron chi connectivity index (χ0n) is 38.0. The fraction of sp³-hybridized carbons (Fsp3) is 0.490. The van der Waals surface area contributed by atoms with Crippen molar-refractivity contribution < 1.29 is 33.5 Å². The van der Waals surface area contributed by atoms with Gasteiger partial charge in [0.05, 0.1) is 13.2 Å². The van der Waals surface area contributed by atoms with Crippen LogP contribution < -0.4 is 10.6 Å². The molecule has 5 amide bonds. The highest BCUT2D eigenvalue weighted by Gasteiger charge is 2.44. The lowest BCUT2D eigenvalue weighted by Crippen LogP contribution is -2.52. The molecule has 1 unspecified atom stereocenters. The van der Waals surface area contributed by atoms with Gasteiger partial charge in [0.2, 0.25) is 17.7 Å². The number of alkyl halides is 1. The number of rotatable bonds is 19. The van der Waals surface area contributed by atoms with Crippen LogP contribution in [0.4, 0.5) is 5.69 Å². The number of carbonyl (C=O) groups is 6. The SMILES string of the molecule is COC(=O)[C@H]1Cc2c([nH]c3ccccc23)[C@H](c2ccc(C(=O)N3CCN(CCCCCCCCCCCCNc4cccc5c4CN(C4CCC(=O)NC4=O)C5=O)CC3)cc2)N1C(=O)CCl. The number of halogens is 1. The molecule has 0 spiro atoms. The minimum absolute atomic E-state index is 0.00987. The van der Waals surface area contributed by atoms with E-state index in [-0.39, 0.29) is 41.8 Å². The van der Waals surface area contributed by atoms with Crippen LogP contribution in [0.5, 0.6) is 0 Å². The van der Waals surface area contributed by atoms with E-state index in [1.54, 1.807) is 4.90 Å². The Balaban J connectivity index is 0.700. The first-order valence-corrected chi connectivity index (χ1v) is 24.4. The highest BCUT2D eigenvalue weighted by molar-refractivity contribution is 6.27. The van der Waals surface area contributed by atoms with Crippen molar-refractivity contribution in [1.82, 2.24) is 29.9 Å². The number of fused-ring (bicyclic) bond motifs is 4. The molecule has 3 aromatic carbocycles. The van der Waals surface area contributed by atoms with Crippen molar-refractivity contribution >= 4 is 63.7 Å². The van der Waals surface area contributed by atoms with Crippen LogP contribution in [0, 0.1) is 0 Å². The van der Waals surface area contributed by atoms with E-state index >= 15 is 0 Å². The number of hydrogen-bond donors (Lipinski definition) is 3. The number of nitrogens with one attached hydrogen (secondary N) is 3. The van der Waals surface area contributed by atoms with E-state index < -0.39 is 24.1 Å². The van der Waals surface area contributed by atoms with Crippen LogP contribution >= 0.6 is 11.6 Å². The van der Waals surface area contributed by atoms with Crippen LogP contribution in [0.15, 0.2) is 66.7 Å². The van der Waals surface area contributed by atoms with Gasteiger partial charge < -0.3 is 29.7 Å². The third-order valence-electron chi connectivity index (χ3n) is 13.9. The van der Waals surface area contributed by atoms with Crippen LogP contribution in [0.25, 0.3) is 10.9 Å². The first-order chi connectivity index (χ1) is 32.2. The maximum absolute atomic E-state index is 13.7. The van der Waals surface area contributed by atoms with Gasteiger partial charge in [0.1, 0.15) is 18.0 Å². The predicted octanol–water partition coefficient (Wildman–Crippen LogP) is 6.95. The fourth-order valence-corrected chi connectivity index (χ4v) is 10.5. The standard InChI is InChI=1S/C51H62ClN7O7/c1-66-51(65)43-31-38-36-15-10-11-17-41(36)54-46(38)47(59(43)45(61)32-52)34-19-21-35(22-20-34)49(63)57-29-27-56(28-30-57)26-13-9-7-5-3-2-4-6-8-12-25-53-40-18-14-16-37-39(40)33-58(50(37)64)42-23-24-44(60)55-48(42)62/h10-11,14-22,42-43,47,53-54H,2-9,12-13,23-33H2,1H3,(H,55,60,62)/t42?,43-,47+/m1/s1. The van der Waals surface area contributed by atoms with Gasteiger partial charge in [-0.2, -0.15) is 0 Å². The van der Waals surface area contributed by atoms with Gasteiger partial charge in [-0.25, -0.2) is 4.79 Å². The highest BCUT2D eigenvalue weighted by atomic mass is 35.5. The van der Waals surface area contributed by atoms with E-state index in [4.69, 9.17) is 16.3 Å². The topological polar surface area (TPSA) is 164 Å². The summed E-state index contributed by atoms with van der Waals surface area (Å²) in [5.74, 6) is -1.98. The molecule has 2 fully saturated rings. The lowest BCUT2D eigenvalue weighted by atomic mass is 9.87. The van der Waals surface area contributed by atoms with Crippen LogP contribution in [0.1, 0.15) is 126 Å². The number of benzene rings is 3. The highest BCUT2D eigenvalue weighted by Crippen LogP contribution is 2.41. The predicted molar refractivity (Wildman–Crippen MR) is 253 cm³/mol. The minimum atomic E-state index is -0.844. The second-order valence-corrected chi connectivity index (χ2v) is 18.4.